The molecule has 2 N–H and O–H groups in total. The van der Waals surface area contributed by atoms with Gasteiger partial charge in [0.1, 0.15) is 0 Å². The van der Waals surface area contributed by atoms with Crippen LogP contribution in [0.5, 0.6) is 0 Å². The lowest BCUT2D eigenvalue weighted by atomic mass is 9.71. The van der Waals surface area contributed by atoms with E-state index in [-0.39, 0.29) is 5.54 Å². The van der Waals surface area contributed by atoms with Gasteiger partial charge in [-0.15, -0.1) is 0 Å². The zero-order chi connectivity index (χ0) is 10.9. The van der Waals surface area contributed by atoms with Crippen LogP contribution in [0.3, 0.4) is 0 Å². The Morgan fingerprint density at radius 3 is 2.07 bits per heavy atom. The summed E-state index contributed by atoms with van der Waals surface area (Å²) in [5.41, 5.74) is 9.49. The van der Waals surface area contributed by atoms with Crippen LogP contribution in [-0.4, -0.2) is 5.54 Å². The van der Waals surface area contributed by atoms with Gasteiger partial charge < -0.3 is 5.73 Å². The third-order valence-electron chi connectivity index (χ3n) is 3.38. The molecule has 0 aromatic heterocycles. The minimum atomic E-state index is -0.0496. The molecule has 1 nitrogen and oxygen atoms in total. The third kappa shape index (κ3) is 2.20. The predicted molar refractivity (Wildman–Crippen MR) is 63.1 cm³/mol. The summed E-state index contributed by atoms with van der Waals surface area (Å²) in [6.45, 7) is 11.3. The van der Waals surface area contributed by atoms with Gasteiger partial charge in [0.15, 0.2) is 0 Å². The quantitative estimate of drug-likeness (QED) is 0.671. The number of rotatable bonds is 2. The molecule has 1 aliphatic carbocycles. The number of nitrogens with two attached hydrogens (primary N) is 1. The number of hydrogen-bond acceptors (Lipinski definition) is 1. The Balaban J connectivity index is 3.13. The van der Waals surface area contributed by atoms with Crippen molar-refractivity contribution in [2.45, 2.75) is 59.4 Å². The van der Waals surface area contributed by atoms with Gasteiger partial charge in [-0.25, -0.2) is 0 Å². The monoisotopic (exact) mass is 195 g/mol. The Bertz CT molecular complexity index is 234. The van der Waals surface area contributed by atoms with E-state index in [1.54, 1.807) is 5.57 Å². The lowest BCUT2D eigenvalue weighted by molar-refractivity contribution is 0.396. The molecular formula is C13H25N. The van der Waals surface area contributed by atoms with Crippen molar-refractivity contribution < 1.29 is 0 Å². The maximum Gasteiger partial charge on any atom is 0.0345 e. The van der Waals surface area contributed by atoms with E-state index in [0.717, 1.165) is 6.42 Å². The van der Waals surface area contributed by atoms with E-state index in [1.807, 2.05) is 0 Å². The van der Waals surface area contributed by atoms with Crippen molar-refractivity contribution in [2.24, 2.45) is 17.6 Å². The van der Waals surface area contributed by atoms with Crippen LogP contribution in [0, 0.1) is 11.8 Å². The maximum absolute atomic E-state index is 6.39. The summed E-state index contributed by atoms with van der Waals surface area (Å²) in [6, 6.07) is 0. The molecule has 0 amide bonds. The van der Waals surface area contributed by atoms with Crippen LogP contribution in [0.4, 0.5) is 0 Å². The highest BCUT2D eigenvalue weighted by atomic mass is 14.7. The van der Waals surface area contributed by atoms with Crippen molar-refractivity contribution in [3.8, 4) is 0 Å². The van der Waals surface area contributed by atoms with Crippen LogP contribution < -0.4 is 5.73 Å². The van der Waals surface area contributed by atoms with Crippen LogP contribution in [0.25, 0.3) is 0 Å². The summed E-state index contributed by atoms with van der Waals surface area (Å²) >= 11 is 0. The molecule has 0 radical (unpaired) electrons. The summed E-state index contributed by atoms with van der Waals surface area (Å²) in [6.07, 6.45) is 3.67. The first-order chi connectivity index (χ1) is 6.36. The van der Waals surface area contributed by atoms with Gasteiger partial charge in [0, 0.05) is 5.54 Å². The molecule has 0 aliphatic heterocycles. The van der Waals surface area contributed by atoms with Gasteiger partial charge >= 0.3 is 0 Å². The summed E-state index contributed by atoms with van der Waals surface area (Å²) in [5, 5.41) is 0. The highest BCUT2D eigenvalue weighted by Gasteiger charge is 2.32. The fourth-order valence-corrected chi connectivity index (χ4v) is 2.91. The van der Waals surface area contributed by atoms with Crippen molar-refractivity contribution in [3.63, 3.8) is 0 Å². The Morgan fingerprint density at radius 1 is 1.14 bits per heavy atom. The van der Waals surface area contributed by atoms with Crippen molar-refractivity contribution in [1.29, 1.82) is 0 Å². The van der Waals surface area contributed by atoms with Gasteiger partial charge in [-0.2, -0.15) is 0 Å². The van der Waals surface area contributed by atoms with E-state index in [2.05, 4.69) is 34.6 Å². The molecule has 82 valence electrons. The van der Waals surface area contributed by atoms with Crippen molar-refractivity contribution >= 4 is 0 Å². The maximum atomic E-state index is 6.39. The van der Waals surface area contributed by atoms with Crippen LogP contribution in [-0.2, 0) is 0 Å². The molecule has 14 heavy (non-hydrogen) atoms. The van der Waals surface area contributed by atoms with Crippen LogP contribution >= 0.6 is 0 Å². The third-order valence-corrected chi connectivity index (χ3v) is 3.38. The molecule has 0 aromatic carbocycles. The Kier molecular flexibility index (Phi) is 3.41. The summed E-state index contributed by atoms with van der Waals surface area (Å²) < 4.78 is 0. The van der Waals surface area contributed by atoms with E-state index >= 15 is 0 Å². The molecule has 1 heteroatoms. The van der Waals surface area contributed by atoms with E-state index < -0.39 is 0 Å². The molecule has 1 rings (SSSR count). The fraction of sp³-hybridized carbons (Fsp3) is 0.846. The fourth-order valence-electron chi connectivity index (χ4n) is 2.91. The SMILES string of the molecule is CC(C)C1=C(C(C)C)C(C)(N)CCC1. The first kappa shape index (κ1) is 11.8. The summed E-state index contributed by atoms with van der Waals surface area (Å²) in [7, 11) is 0. The smallest absolute Gasteiger partial charge is 0.0345 e. The lowest BCUT2D eigenvalue weighted by Gasteiger charge is -2.38. The normalized spacial score (nSPS) is 29.1. The van der Waals surface area contributed by atoms with Crippen LogP contribution in [0.2, 0.25) is 0 Å². The Hall–Kier alpha value is -0.300. The lowest BCUT2D eigenvalue weighted by Crippen LogP contribution is -2.43. The van der Waals surface area contributed by atoms with Crippen molar-refractivity contribution in [3.05, 3.63) is 11.1 Å². The molecule has 1 unspecified atom stereocenters. The highest BCUT2D eigenvalue weighted by Crippen LogP contribution is 2.38. The van der Waals surface area contributed by atoms with E-state index in [0.29, 0.717) is 11.8 Å². The first-order valence-corrected chi connectivity index (χ1v) is 5.88. The molecule has 1 aliphatic rings. The van der Waals surface area contributed by atoms with Crippen molar-refractivity contribution in [1.82, 2.24) is 0 Å². The molecule has 0 bridgehead atoms. The molecule has 0 spiro atoms. The topological polar surface area (TPSA) is 26.0 Å². The van der Waals surface area contributed by atoms with Gasteiger partial charge in [-0.05, 0) is 43.6 Å². The zero-order valence-corrected chi connectivity index (χ0v) is 10.4. The standard InChI is InChI=1S/C13H25N/c1-9(2)11-7-6-8-13(5,14)12(11)10(3)4/h9-10H,6-8,14H2,1-5H3. The van der Waals surface area contributed by atoms with Crippen molar-refractivity contribution in [2.75, 3.05) is 0 Å². The molecule has 0 saturated carbocycles. The van der Waals surface area contributed by atoms with Gasteiger partial charge in [0.25, 0.3) is 0 Å². The Labute approximate surface area is 88.8 Å². The van der Waals surface area contributed by atoms with Crippen LogP contribution in [0.15, 0.2) is 11.1 Å². The average molecular weight is 195 g/mol. The second-order valence-electron chi connectivity index (χ2n) is 5.52. The molecular weight excluding hydrogens is 170 g/mol. The van der Waals surface area contributed by atoms with E-state index in [4.69, 9.17) is 5.73 Å². The van der Waals surface area contributed by atoms with E-state index in [9.17, 15) is 0 Å². The first-order valence-electron chi connectivity index (χ1n) is 5.88. The molecule has 1 atom stereocenters. The van der Waals surface area contributed by atoms with Crippen LogP contribution in [0.1, 0.15) is 53.9 Å². The summed E-state index contributed by atoms with van der Waals surface area (Å²) in [5.74, 6) is 1.26. The van der Waals surface area contributed by atoms with Gasteiger partial charge in [0.2, 0.25) is 0 Å². The molecule has 0 fully saturated rings. The van der Waals surface area contributed by atoms with Gasteiger partial charge in [-0.3, -0.25) is 0 Å². The largest absolute Gasteiger partial charge is 0.322 e. The molecule has 0 aromatic rings. The predicted octanol–water partition coefficient (Wildman–Crippen LogP) is 3.50. The minimum Gasteiger partial charge on any atom is -0.322 e. The van der Waals surface area contributed by atoms with Gasteiger partial charge in [0.05, 0.1) is 0 Å². The number of allylic oxidation sites excluding steroid dienone is 1. The Morgan fingerprint density at radius 2 is 1.71 bits per heavy atom. The highest BCUT2D eigenvalue weighted by molar-refractivity contribution is 5.30. The molecule has 0 saturated heterocycles. The average Bonchev–Trinajstić information content (AvgIpc) is 2.00. The van der Waals surface area contributed by atoms with E-state index in [1.165, 1.54) is 18.4 Å². The second kappa shape index (κ2) is 4.06. The molecule has 0 heterocycles. The van der Waals surface area contributed by atoms with Gasteiger partial charge in [-0.1, -0.05) is 33.3 Å². The number of hydrogen-bond donors (Lipinski definition) is 1. The second-order valence-corrected chi connectivity index (χ2v) is 5.52. The zero-order valence-electron chi connectivity index (χ0n) is 10.4. The summed E-state index contributed by atoms with van der Waals surface area (Å²) in [4.78, 5) is 0. The minimum absolute atomic E-state index is 0.0496.